The minimum Gasteiger partial charge on any atom is -0.382 e. The van der Waals surface area contributed by atoms with Gasteiger partial charge in [-0.2, -0.15) is 0 Å². The molecule has 1 aromatic carbocycles. The van der Waals surface area contributed by atoms with Gasteiger partial charge in [-0.3, -0.25) is 0 Å². The Hall–Kier alpha value is -1.02. The van der Waals surface area contributed by atoms with Gasteiger partial charge in [-0.15, -0.1) is 0 Å². The van der Waals surface area contributed by atoms with Gasteiger partial charge >= 0.3 is 0 Å². The fourth-order valence-electron chi connectivity index (χ4n) is 3.75. The Morgan fingerprint density at radius 3 is 2.30 bits per heavy atom. The molecule has 0 bridgehead atoms. The molecule has 2 nitrogen and oxygen atoms in total. The summed E-state index contributed by atoms with van der Waals surface area (Å²) in [5.74, 6) is 0. The molecule has 1 aromatic rings. The molecule has 3 rings (SSSR count). The number of aryl methyl sites for hydroxylation is 2. The van der Waals surface area contributed by atoms with Crippen LogP contribution in [0, 0.1) is 13.8 Å². The molecule has 0 radical (unpaired) electrons. The number of benzene rings is 1. The standard InChI is InChI=1S/C18H28N2/c1-14-7-8-17(13-15(14)2)19-16-9-11-20(12-10-16)18-5-3-4-6-18/h7-8,13,16,18-19H,3-6,9-12H2,1-2H3. The van der Waals surface area contributed by atoms with Gasteiger partial charge < -0.3 is 10.2 Å². The SMILES string of the molecule is Cc1ccc(NC2CCN(C3CCCC3)CC2)cc1C. The van der Waals surface area contributed by atoms with Gasteiger partial charge in [0.1, 0.15) is 0 Å². The van der Waals surface area contributed by atoms with Crippen molar-refractivity contribution in [2.24, 2.45) is 0 Å². The van der Waals surface area contributed by atoms with Crippen LogP contribution in [-0.2, 0) is 0 Å². The van der Waals surface area contributed by atoms with Gasteiger partial charge in [-0.25, -0.2) is 0 Å². The summed E-state index contributed by atoms with van der Waals surface area (Å²) in [6.45, 7) is 6.95. The number of hydrogen-bond acceptors (Lipinski definition) is 2. The van der Waals surface area contributed by atoms with Gasteiger partial charge in [0.15, 0.2) is 0 Å². The zero-order chi connectivity index (χ0) is 13.9. The Morgan fingerprint density at radius 1 is 0.950 bits per heavy atom. The van der Waals surface area contributed by atoms with E-state index in [1.807, 2.05) is 0 Å². The molecule has 1 aliphatic heterocycles. The second-order valence-electron chi connectivity index (χ2n) is 6.69. The van der Waals surface area contributed by atoms with Crippen molar-refractivity contribution in [2.45, 2.75) is 64.5 Å². The molecule has 2 aliphatic rings. The Morgan fingerprint density at radius 2 is 1.65 bits per heavy atom. The first-order valence-electron chi connectivity index (χ1n) is 8.30. The largest absolute Gasteiger partial charge is 0.382 e. The summed E-state index contributed by atoms with van der Waals surface area (Å²) in [4.78, 5) is 2.74. The number of nitrogens with one attached hydrogen (secondary N) is 1. The first kappa shape index (κ1) is 13.9. The fraction of sp³-hybridized carbons (Fsp3) is 0.667. The first-order chi connectivity index (χ1) is 9.72. The van der Waals surface area contributed by atoms with Crippen LogP contribution in [-0.4, -0.2) is 30.1 Å². The summed E-state index contributed by atoms with van der Waals surface area (Å²) in [5.41, 5.74) is 4.07. The van der Waals surface area contributed by atoms with E-state index in [0.29, 0.717) is 6.04 Å². The number of hydrogen-bond donors (Lipinski definition) is 1. The van der Waals surface area contributed by atoms with Crippen LogP contribution in [0.5, 0.6) is 0 Å². The fourth-order valence-corrected chi connectivity index (χ4v) is 3.75. The van der Waals surface area contributed by atoms with Crippen molar-refractivity contribution in [2.75, 3.05) is 18.4 Å². The molecule has 110 valence electrons. The van der Waals surface area contributed by atoms with Crippen LogP contribution in [0.2, 0.25) is 0 Å². The maximum absolute atomic E-state index is 3.73. The lowest BCUT2D eigenvalue weighted by Crippen LogP contribution is -2.43. The molecule has 1 aliphatic carbocycles. The van der Waals surface area contributed by atoms with Crippen molar-refractivity contribution in [1.29, 1.82) is 0 Å². The van der Waals surface area contributed by atoms with E-state index in [1.54, 1.807) is 0 Å². The second-order valence-corrected chi connectivity index (χ2v) is 6.69. The monoisotopic (exact) mass is 272 g/mol. The van der Waals surface area contributed by atoms with Gasteiger partial charge in [0.2, 0.25) is 0 Å². The average Bonchev–Trinajstić information content (AvgIpc) is 2.98. The molecule has 0 atom stereocenters. The summed E-state index contributed by atoms with van der Waals surface area (Å²) in [5, 5.41) is 3.73. The molecule has 20 heavy (non-hydrogen) atoms. The second kappa shape index (κ2) is 6.17. The van der Waals surface area contributed by atoms with Crippen molar-refractivity contribution in [3.63, 3.8) is 0 Å². The molecule has 1 heterocycles. The average molecular weight is 272 g/mol. The molecule has 1 N–H and O–H groups in total. The molecule has 0 aromatic heterocycles. The smallest absolute Gasteiger partial charge is 0.0345 e. The summed E-state index contributed by atoms with van der Waals surface area (Å²) >= 11 is 0. The molecule has 1 saturated carbocycles. The highest BCUT2D eigenvalue weighted by Gasteiger charge is 2.26. The van der Waals surface area contributed by atoms with Crippen LogP contribution >= 0.6 is 0 Å². The first-order valence-corrected chi connectivity index (χ1v) is 8.30. The summed E-state index contributed by atoms with van der Waals surface area (Å²) < 4.78 is 0. The van der Waals surface area contributed by atoms with E-state index in [9.17, 15) is 0 Å². The molecule has 2 fully saturated rings. The summed E-state index contributed by atoms with van der Waals surface area (Å²) in [7, 11) is 0. The highest BCUT2D eigenvalue weighted by Crippen LogP contribution is 2.27. The van der Waals surface area contributed by atoms with E-state index in [-0.39, 0.29) is 0 Å². The number of anilines is 1. The van der Waals surface area contributed by atoms with Gasteiger partial charge in [-0.05, 0) is 62.8 Å². The maximum Gasteiger partial charge on any atom is 0.0345 e. The lowest BCUT2D eigenvalue weighted by Gasteiger charge is -2.36. The Balaban J connectivity index is 1.51. The van der Waals surface area contributed by atoms with Crippen LogP contribution in [0.4, 0.5) is 5.69 Å². The number of nitrogens with zero attached hydrogens (tertiary/aromatic N) is 1. The highest BCUT2D eigenvalue weighted by atomic mass is 15.2. The molecule has 0 unspecified atom stereocenters. The van der Waals surface area contributed by atoms with Gasteiger partial charge in [0.05, 0.1) is 0 Å². The van der Waals surface area contributed by atoms with E-state index in [4.69, 9.17) is 0 Å². The number of rotatable bonds is 3. The number of piperidine rings is 1. The van der Waals surface area contributed by atoms with Crippen molar-refractivity contribution >= 4 is 5.69 Å². The van der Waals surface area contributed by atoms with Crippen LogP contribution in [0.25, 0.3) is 0 Å². The van der Waals surface area contributed by atoms with E-state index in [0.717, 1.165) is 6.04 Å². The minimum absolute atomic E-state index is 0.662. The van der Waals surface area contributed by atoms with Gasteiger partial charge in [-0.1, -0.05) is 18.9 Å². The Bertz CT molecular complexity index is 441. The van der Waals surface area contributed by atoms with Gasteiger partial charge in [0.25, 0.3) is 0 Å². The summed E-state index contributed by atoms with van der Waals surface area (Å²) in [6, 6.07) is 8.31. The molecule has 0 spiro atoms. The van der Waals surface area contributed by atoms with Crippen molar-refractivity contribution in [3.8, 4) is 0 Å². The van der Waals surface area contributed by atoms with Crippen molar-refractivity contribution in [1.82, 2.24) is 4.90 Å². The number of likely N-dealkylation sites (tertiary alicyclic amines) is 1. The van der Waals surface area contributed by atoms with E-state index < -0.39 is 0 Å². The van der Waals surface area contributed by atoms with E-state index in [2.05, 4.69) is 42.3 Å². The Labute approximate surface area is 123 Å². The molecule has 1 saturated heterocycles. The van der Waals surface area contributed by atoms with Crippen LogP contribution in [0.1, 0.15) is 49.7 Å². The lowest BCUT2D eigenvalue weighted by atomic mass is 10.0. The highest BCUT2D eigenvalue weighted by molar-refractivity contribution is 5.48. The molecular weight excluding hydrogens is 244 g/mol. The van der Waals surface area contributed by atoms with Crippen LogP contribution in [0.3, 0.4) is 0 Å². The maximum atomic E-state index is 3.73. The van der Waals surface area contributed by atoms with Crippen LogP contribution < -0.4 is 5.32 Å². The third kappa shape index (κ3) is 3.17. The summed E-state index contributed by atoms with van der Waals surface area (Å²) in [6.07, 6.45) is 8.37. The predicted octanol–water partition coefficient (Wildman–Crippen LogP) is 4.12. The predicted molar refractivity (Wildman–Crippen MR) is 86.4 cm³/mol. The van der Waals surface area contributed by atoms with Crippen LogP contribution in [0.15, 0.2) is 18.2 Å². The third-order valence-corrected chi connectivity index (χ3v) is 5.25. The van der Waals surface area contributed by atoms with Crippen molar-refractivity contribution < 1.29 is 0 Å². The van der Waals surface area contributed by atoms with E-state index in [1.165, 1.54) is 68.4 Å². The lowest BCUT2D eigenvalue weighted by molar-refractivity contribution is 0.159. The zero-order valence-electron chi connectivity index (χ0n) is 13.0. The van der Waals surface area contributed by atoms with Crippen molar-refractivity contribution in [3.05, 3.63) is 29.3 Å². The minimum atomic E-state index is 0.662. The normalized spacial score (nSPS) is 22.3. The zero-order valence-corrected chi connectivity index (χ0v) is 13.0. The topological polar surface area (TPSA) is 15.3 Å². The molecule has 2 heteroatoms. The molecular formula is C18H28N2. The van der Waals surface area contributed by atoms with Gasteiger partial charge in [0, 0.05) is 30.9 Å². The third-order valence-electron chi connectivity index (χ3n) is 5.25. The van der Waals surface area contributed by atoms with E-state index >= 15 is 0 Å². The molecule has 0 amide bonds. The Kier molecular flexibility index (Phi) is 4.30. The quantitative estimate of drug-likeness (QED) is 0.890.